The number of hydrogen-bond donors (Lipinski definition) is 2. The molecule has 1 aliphatic heterocycles. The molecule has 1 fully saturated rings. The van der Waals surface area contributed by atoms with Gasteiger partial charge in [0.15, 0.2) is 0 Å². The number of benzene rings is 2. The monoisotopic (exact) mass is 418 g/mol. The Morgan fingerprint density at radius 1 is 1.00 bits per heavy atom. The molecule has 1 aliphatic rings. The number of ether oxygens (including phenoxy) is 1. The fourth-order valence-corrected chi connectivity index (χ4v) is 4.35. The molecule has 1 saturated heterocycles. The molecule has 0 atom stereocenters. The van der Waals surface area contributed by atoms with E-state index in [1.165, 1.54) is 5.56 Å². The minimum Gasteiger partial charge on any atom is -0.381 e. The minimum absolute atomic E-state index is 0.0825. The summed E-state index contributed by atoms with van der Waals surface area (Å²) in [5.74, 6) is 0. The second kappa shape index (κ2) is 9.35. The summed E-state index contributed by atoms with van der Waals surface area (Å²) in [6.07, 6.45) is 1.80. The highest BCUT2D eigenvalue weighted by molar-refractivity contribution is 5.74. The fourth-order valence-electron chi connectivity index (χ4n) is 4.35. The lowest BCUT2D eigenvalue weighted by molar-refractivity contribution is 0.0507. The van der Waals surface area contributed by atoms with Crippen LogP contribution in [0.4, 0.5) is 4.79 Å². The first-order valence-electron chi connectivity index (χ1n) is 10.8. The van der Waals surface area contributed by atoms with Crippen LogP contribution in [0, 0.1) is 13.8 Å². The molecule has 0 bridgehead atoms. The molecule has 0 aliphatic carbocycles. The van der Waals surface area contributed by atoms with Gasteiger partial charge in [0.1, 0.15) is 0 Å². The van der Waals surface area contributed by atoms with Gasteiger partial charge in [-0.3, -0.25) is 0 Å². The SMILES string of the molecule is Cc1nn(-c2ccccc2)c(C)c1CNC(=O)NCC1(c2ccccc2)CCOCC1. The number of rotatable bonds is 6. The molecule has 0 radical (unpaired) electrons. The molecule has 6 nitrogen and oxygen atoms in total. The van der Waals surface area contributed by atoms with E-state index in [0.717, 1.165) is 48.7 Å². The molecule has 1 aromatic heterocycles. The number of para-hydroxylation sites is 1. The highest BCUT2D eigenvalue weighted by atomic mass is 16.5. The van der Waals surface area contributed by atoms with Gasteiger partial charge in [-0.15, -0.1) is 0 Å². The summed E-state index contributed by atoms with van der Waals surface area (Å²) < 4.78 is 7.51. The Hall–Kier alpha value is -3.12. The fraction of sp³-hybridized carbons (Fsp3) is 0.360. The Morgan fingerprint density at radius 2 is 1.65 bits per heavy atom. The van der Waals surface area contributed by atoms with E-state index < -0.39 is 0 Å². The minimum atomic E-state index is -0.159. The predicted octanol–water partition coefficient (Wildman–Crippen LogP) is 4.04. The molecule has 2 heterocycles. The first-order valence-corrected chi connectivity index (χ1v) is 10.8. The number of amides is 2. The molecule has 2 amide bonds. The van der Waals surface area contributed by atoms with Crippen LogP contribution in [0.2, 0.25) is 0 Å². The lowest BCUT2D eigenvalue weighted by Crippen LogP contribution is -2.47. The van der Waals surface area contributed by atoms with Crippen LogP contribution < -0.4 is 10.6 Å². The molecule has 0 spiro atoms. The number of urea groups is 1. The van der Waals surface area contributed by atoms with Crippen LogP contribution in [0.1, 0.15) is 35.4 Å². The van der Waals surface area contributed by atoms with E-state index in [0.29, 0.717) is 13.1 Å². The first-order chi connectivity index (χ1) is 15.1. The number of aryl methyl sites for hydroxylation is 1. The topological polar surface area (TPSA) is 68.2 Å². The van der Waals surface area contributed by atoms with Crippen LogP contribution >= 0.6 is 0 Å². The van der Waals surface area contributed by atoms with Gasteiger partial charge >= 0.3 is 6.03 Å². The van der Waals surface area contributed by atoms with Crippen molar-refractivity contribution < 1.29 is 9.53 Å². The summed E-state index contributed by atoms with van der Waals surface area (Å²) in [4.78, 5) is 12.7. The van der Waals surface area contributed by atoms with Gasteiger partial charge in [-0.1, -0.05) is 48.5 Å². The summed E-state index contributed by atoms with van der Waals surface area (Å²) in [7, 11) is 0. The molecule has 3 aromatic rings. The van der Waals surface area contributed by atoms with Crippen LogP contribution in [0.3, 0.4) is 0 Å². The van der Waals surface area contributed by atoms with Gasteiger partial charge in [-0.2, -0.15) is 5.10 Å². The van der Waals surface area contributed by atoms with Gasteiger partial charge in [0.2, 0.25) is 0 Å². The summed E-state index contributed by atoms with van der Waals surface area (Å²) in [5, 5.41) is 10.8. The van der Waals surface area contributed by atoms with Crippen LogP contribution in [0.5, 0.6) is 0 Å². The number of nitrogens with one attached hydrogen (secondary N) is 2. The second-order valence-electron chi connectivity index (χ2n) is 8.19. The van der Waals surface area contributed by atoms with Gasteiger partial charge in [0.25, 0.3) is 0 Å². The molecule has 2 aromatic carbocycles. The van der Waals surface area contributed by atoms with Gasteiger partial charge in [-0.05, 0) is 44.4 Å². The normalized spacial score (nSPS) is 15.4. The highest BCUT2D eigenvalue weighted by Gasteiger charge is 2.34. The van der Waals surface area contributed by atoms with Crippen molar-refractivity contribution in [3.63, 3.8) is 0 Å². The molecule has 162 valence electrons. The Balaban J connectivity index is 1.40. The van der Waals surface area contributed by atoms with Gasteiger partial charge in [0.05, 0.1) is 11.4 Å². The van der Waals surface area contributed by atoms with E-state index >= 15 is 0 Å². The molecular formula is C25H30N4O2. The van der Waals surface area contributed by atoms with Crippen molar-refractivity contribution in [1.29, 1.82) is 0 Å². The standard InChI is InChI=1S/C25H30N4O2/c1-19-23(20(2)29(28-19)22-11-7-4-8-12-22)17-26-24(30)27-18-25(13-15-31-16-14-25)21-9-5-3-6-10-21/h3-12H,13-18H2,1-2H3,(H2,26,27,30). The molecule has 0 saturated carbocycles. The molecule has 6 heteroatoms. The zero-order chi connectivity index (χ0) is 21.7. The average Bonchev–Trinajstić information content (AvgIpc) is 3.11. The van der Waals surface area contributed by atoms with E-state index in [-0.39, 0.29) is 11.4 Å². The Bertz CT molecular complexity index is 1010. The van der Waals surface area contributed by atoms with Gasteiger partial charge in [0, 0.05) is 43.0 Å². The number of nitrogens with zero attached hydrogens (tertiary/aromatic N) is 2. The highest BCUT2D eigenvalue weighted by Crippen LogP contribution is 2.34. The number of hydrogen-bond acceptors (Lipinski definition) is 3. The lowest BCUT2D eigenvalue weighted by atomic mass is 9.74. The molecule has 31 heavy (non-hydrogen) atoms. The van der Waals surface area contributed by atoms with Crippen molar-refractivity contribution >= 4 is 6.03 Å². The predicted molar refractivity (Wildman–Crippen MR) is 121 cm³/mol. The third kappa shape index (κ3) is 4.64. The third-order valence-corrected chi connectivity index (χ3v) is 6.29. The summed E-state index contributed by atoms with van der Waals surface area (Å²) in [5.41, 5.74) is 5.20. The number of carbonyl (C=O) groups is 1. The van der Waals surface area contributed by atoms with Crippen LogP contribution in [-0.4, -0.2) is 35.6 Å². The maximum Gasteiger partial charge on any atom is 0.315 e. The van der Waals surface area contributed by atoms with Crippen molar-refractivity contribution in [2.45, 2.75) is 38.6 Å². The Labute approximate surface area is 183 Å². The van der Waals surface area contributed by atoms with Crippen LogP contribution in [-0.2, 0) is 16.7 Å². The molecule has 4 rings (SSSR count). The molecule has 0 unspecified atom stereocenters. The van der Waals surface area contributed by atoms with E-state index in [9.17, 15) is 4.79 Å². The third-order valence-electron chi connectivity index (χ3n) is 6.29. The average molecular weight is 419 g/mol. The molecule has 2 N–H and O–H groups in total. The van der Waals surface area contributed by atoms with E-state index in [1.54, 1.807) is 0 Å². The first kappa shape index (κ1) is 21.1. The summed E-state index contributed by atoms with van der Waals surface area (Å²) in [6.45, 7) is 6.48. The number of aromatic nitrogens is 2. The van der Waals surface area contributed by atoms with Crippen molar-refractivity contribution in [2.24, 2.45) is 0 Å². The van der Waals surface area contributed by atoms with Gasteiger partial charge in [-0.25, -0.2) is 9.48 Å². The van der Waals surface area contributed by atoms with Crippen molar-refractivity contribution in [3.05, 3.63) is 83.2 Å². The van der Waals surface area contributed by atoms with Crippen molar-refractivity contribution in [1.82, 2.24) is 20.4 Å². The van der Waals surface area contributed by atoms with E-state index in [1.807, 2.05) is 54.9 Å². The van der Waals surface area contributed by atoms with Crippen molar-refractivity contribution in [2.75, 3.05) is 19.8 Å². The largest absolute Gasteiger partial charge is 0.381 e. The van der Waals surface area contributed by atoms with Crippen LogP contribution in [0.25, 0.3) is 5.69 Å². The van der Waals surface area contributed by atoms with Crippen molar-refractivity contribution in [3.8, 4) is 5.69 Å². The molecular weight excluding hydrogens is 388 g/mol. The maximum absolute atomic E-state index is 12.7. The zero-order valence-electron chi connectivity index (χ0n) is 18.2. The van der Waals surface area contributed by atoms with Gasteiger partial charge < -0.3 is 15.4 Å². The summed E-state index contributed by atoms with van der Waals surface area (Å²) >= 11 is 0. The summed E-state index contributed by atoms with van der Waals surface area (Å²) in [6, 6.07) is 20.3. The van der Waals surface area contributed by atoms with E-state index in [2.05, 4.69) is 40.0 Å². The Morgan fingerprint density at radius 3 is 2.32 bits per heavy atom. The second-order valence-corrected chi connectivity index (χ2v) is 8.19. The quantitative estimate of drug-likeness (QED) is 0.635. The van der Waals surface area contributed by atoms with E-state index in [4.69, 9.17) is 4.74 Å². The van der Waals surface area contributed by atoms with Crippen LogP contribution in [0.15, 0.2) is 60.7 Å². The number of carbonyl (C=O) groups excluding carboxylic acids is 1. The Kier molecular flexibility index (Phi) is 6.37. The lowest BCUT2D eigenvalue weighted by Gasteiger charge is -2.38. The zero-order valence-corrected chi connectivity index (χ0v) is 18.2. The maximum atomic E-state index is 12.7. The smallest absolute Gasteiger partial charge is 0.315 e.